The Labute approximate surface area is 212 Å². The number of hydrogen-bond donors (Lipinski definition) is 2. The average molecular weight is 507 g/mol. The van der Waals surface area contributed by atoms with E-state index < -0.39 is 11.5 Å². The Bertz CT molecular complexity index is 993. The summed E-state index contributed by atoms with van der Waals surface area (Å²) < 4.78 is 6.18. The summed E-state index contributed by atoms with van der Waals surface area (Å²) in [5, 5.41) is 13.0. The predicted octanol–water partition coefficient (Wildman–Crippen LogP) is 5.49. The number of halogens is 2. The van der Waals surface area contributed by atoms with E-state index in [4.69, 9.17) is 21.4 Å². The standard InChI is InChI=1S/C26H31ClN2O4.ClH/c1-18(19-8-10-20(11-9-19)24(30)31)28-25(32)26(13-3-2-4-14-26)29-15-12-23(17-29)33-22-7-5-6-21(27)16-22;/h5-11,16,18,23H,2-4,12-15,17H2,1H3,(H,28,32)(H,30,31);1H/t18-,23+;/m0./s1. The highest BCUT2D eigenvalue weighted by Crippen LogP contribution is 2.37. The number of hydrogen-bond acceptors (Lipinski definition) is 4. The van der Waals surface area contributed by atoms with Crippen LogP contribution in [0.25, 0.3) is 0 Å². The number of nitrogens with zero attached hydrogens (tertiary/aromatic N) is 1. The van der Waals surface area contributed by atoms with Crippen LogP contribution in [0, 0.1) is 0 Å². The largest absolute Gasteiger partial charge is 0.489 e. The minimum Gasteiger partial charge on any atom is -0.489 e. The van der Waals surface area contributed by atoms with E-state index in [1.807, 2.05) is 31.2 Å². The third kappa shape index (κ3) is 5.85. The molecule has 0 bridgehead atoms. The van der Waals surface area contributed by atoms with Gasteiger partial charge in [-0.3, -0.25) is 9.69 Å². The maximum absolute atomic E-state index is 13.7. The molecule has 1 saturated heterocycles. The molecule has 0 radical (unpaired) electrons. The Hall–Kier alpha value is -2.28. The van der Waals surface area contributed by atoms with E-state index in [2.05, 4.69) is 10.2 Å². The fraction of sp³-hybridized carbons (Fsp3) is 0.462. The highest BCUT2D eigenvalue weighted by molar-refractivity contribution is 6.30. The smallest absolute Gasteiger partial charge is 0.335 e. The molecule has 2 N–H and O–H groups in total. The molecular formula is C26H32Cl2N2O4. The maximum atomic E-state index is 13.7. The fourth-order valence-electron chi connectivity index (χ4n) is 5.10. The monoisotopic (exact) mass is 506 g/mol. The minimum atomic E-state index is -0.956. The number of ether oxygens (including phenoxy) is 1. The fourth-order valence-corrected chi connectivity index (χ4v) is 5.28. The van der Waals surface area contributed by atoms with Crippen LogP contribution in [0.4, 0.5) is 0 Å². The summed E-state index contributed by atoms with van der Waals surface area (Å²) in [5.41, 5.74) is 0.603. The van der Waals surface area contributed by atoms with Crippen LogP contribution >= 0.6 is 24.0 Å². The molecule has 2 aliphatic rings. The highest BCUT2D eigenvalue weighted by Gasteiger charge is 2.47. The third-order valence-corrected chi connectivity index (χ3v) is 7.19. The second-order valence-electron chi connectivity index (χ2n) is 9.15. The lowest BCUT2D eigenvalue weighted by Crippen LogP contribution is -2.59. The van der Waals surface area contributed by atoms with Crippen molar-refractivity contribution in [3.05, 3.63) is 64.7 Å². The summed E-state index contributed by atoms with van der Waals surface area (Å²) in [6, 6.07) is 13.9. The van der Waals surface area contributed by atoms with E-state index >= 15 is 0 Å². The summed E-state index contributed by atoms with van der Waals surface area (Å²) in [6.07, 6.45) is 5.79. The number of likely N-dealkylation sites (tertiary alicyclic amines) is 1. The summed E-state index contributed by atoms with van der Waals surface area (Å²) in [5.74, 6) is -0.140. The Morgan fingerprint density at radius 1 is 1.15 bits per heavy atom. The first-order valence-corrected chi connectivity index (χ1v) is 12.1. The second kappa shape index (κ2) is 11.4. The first-order chi connectivity index (χ1) is 15.9. The quantitative estimate of drug-likeness (QED) is 0.518. The van der Waals surface area contributed by atoms with Crippen molar-refractivity contribution in [2.45, 2.75) is 63.1 Å². The number of amides is 1. The van der Waals surface area contributed by atoms with Crippen molar-refractivity contribution < 1.29 is 19.4 Å². The van der Waals surface area contributed by atoms with Gasteiger partial charge in [-0.15, -0.1) is 12.4 Å². The normalized spacial score (nSPS) is 20.7. The number of carbonyl (C=O) groups is 2. The zero-order chi connectivity index (χ0) is 23.4. The Morgan fingerprint density at radius 2 is 1.85 bits per heavy atom. The molecule has 8 heteroatoms. The van der Waals surface area contributed by atoms with Crippen LogP contribution in [0.15, 0.2) is 48.5 Å². The first-order valence-electron chi connectivity index (χ1n) is 11.7. The molecule has 2 atom stereocenters. The molecule has 4 rings (SSSR count). The second-order valence-corrected chi connectivity index (χ2v) is 9.58. The molecule has 2 aromatic carbocycles. The molecule has 2 aromatic rings. The Morgan fingerprint density at radius 3 is 2.50 bits per heavy atom. The number of carboxylic acids is 1. The Kier molecular flexibility index (Phi) is 8.85. The Balaban J connectivity index is 0.00000324. The molecule has 2 fully saturated rings. The van der Waals surface area contributed by atoms with Crippen molar-refractivity contribution in [3.63, 3.8) is 0 Å². The third-order valence-electron chi connectivity index (χ3n) is 6.96. The van der Waals surface area contributed by atoms with Gasteiger partial charge in [-0.2, -0.15) is 0 Å². The zero-order valence-corrected chi connectivity index (χ0v) is 20.9. The van der Waals surface area contributed by atoms with E-state index in [0.29, 0.717) is 11.6 Å². The van der Waals surface area contributed by atoms with Crippen molar-refractivity contribution in [1.82, 2.24) is 10.2 Å². The first kappa shape index (κ1) is 26.3. The van der Waals surface area contributed by atoms with Crippen molar-refractivity contribution in [2.24, 2.45) is 0 Å². The van der Waals surface area contributed by atoms with Gasteiger partial charge in [-0.25, -0.2) is 4.79 Å². The van der Waals surface area contributed by atoms with E-state index in [0.717, 1.165) is 56.4 Å². The average Bonchev–Trinajstić information content (AvgIpc) is 3.28. The molecule has 184 valence electrons. The molecule has 1 aliphatic carbocycles. The van der Waals surface area contributed by atoms with Crippen LogP contribution in [0.5, 0.6) is 5.75 Å². The van der Waals surface area contributed by atoms with Gasteiger partial charge in [-0.1, -0.05) is 49.1 Å². The van der Waals surface area contributed by atoms with Crippen LogP contribution in [-0.4, -0.2) is 46.6 Å². The van der Waals surface area contributed by atoms with Gasteiger partial charge in [0.1, 0.15) is 17.4 Å². The van der Waals surface area contributed by atoms with Gasteiger partial charge in [0.15, 0.2) is 0 Å². The lowest BCUT2D eigenvalue weighted by molar-refractivity contribution is -0.136. The van der Waals surface area contributed by atoms with E-state index in [1.54, 1.807) is 24.3 Å². The van der Waals surface area contributed by atoms with Crippen molar-refractivity contribution >= 4 is 35.9 Å². The highest BCUT2D eigenvalue weighted by atomic mass is 35.5. The van der Waals surface area contributed by atoms with Crippen LogP contribution in [-0.2, 0) is 4.79 Å². The molecule has 34 heavy (non-hydrogen) atoms. The van der Waals surface area contributed by atoms with Gasteiger partial charge in [0.25, 0.3) is 0 Å². The van der Waals surface area contributed by atoms with Gasteiger partial charge in [0.05, 0.1) is 11.6 Å². The molecule has 0 unspecified atom stereocenters. The van der Waals surface area contributed by atoms with Gasteiger partial charge >= 0.3 is 5.97 Å². The lowest BCUT2D eigenvalue weighted by atomic mass is 9.79. The van der Waals surface area contributed by atoms with Crippen molar-refractivity contribution in [2.75, 3.05) is 13.1 Å². The number of carbonyl (C=O) groups excluding carboxylic acids is 1. The van der Waals surface area contributed by atoms with Gasteiger partial charge < -0.3 is 15.2 Å². The van der Waals surface area contributed by atoms with E-state index in [-0.39, 0.29) is 36.0 Å². The SMILES string of the molecule is C[C@H](NC(=O)C1(N2CC[C@@H](Oc3cccc(Cl)c3)C2)CCCCC1)c1ccc(C(=O)O)cc1.Cl. The van der Waals surface area contributed by atoms with Crippen LogP contribution in [0.2, 0.25) is 5.02 Å². The van der Waals surface area contributed by atoms with Gasteiger partial charge in [0, 0.05) is 18.1 Å². The van der Waals surface area contributed by atoms with Crippen LogP contribution < -0.4 is 10.1 Å². The molecule has 0 aromatic heterocycles. The zero-order valence-electron chi connectivity index (χ0n) is 19.3. The molecule has 1 heterocycles. The number of nitrogens with one attached hydrogen (secondary N) is 1. The molecule has 0 spiro atoms. The summed E-state index contributed by atoms with van der Waals surface area (Å²) in [6.45, 7) is 3.47. The molecule has 1 amide bonds. The number of benzene rings is 2. The van der Waals surface area contributed by atoms with Crippen molar-refractivity contribution in [3.8, 4) is 5.75 Å². The van der Waals surface area contributed by atoms with Gasteiger partial charge in [0.2, 0.25) is 5.91 Å². The number of rotatable bonds is 7. The lowest BCUT2D eigenvalue weighted by Gasteiger charge is -2.43. The molecular weight excluding hydrogens is 475 g/mol. The molecule has 1 aliphatic heterocycles. The number of carboxylic acid groups (broad SMARTS) is 1. The van der Waals surface area contributed by atoms with E-state index in [1.165, 1.54) is 0 Å². The minimum absolute atomic E-state index is 0. The predicted molar refractivity (Wildman–Crippen MR) is 135 cm³/mol. The maximum Gasteiger partial charge on any atom is 0.335 e. The van der Waals surface area contributed by atoms with Crippen molar-refractivity contribution in [1.29, 1.82) is 0 Å². The summed E-state index contributed by atoms with van der Waals surface area (Å²) >= 11 is 6.10. The number of aromatic carboxylic acids is 1. The van der Waals surface area contributed by atoms with Gasteiger partial charge in [-0.05, 0) is 62.1 Å². The van der Waals surface area contributed by atoms with Crippen LogP contribution in [0.1, 0.15) is 67.4 Å². The summed E-state index contributed by atoms with van der Waals surface area (Å²) in [7, 11) is 0. The molecule has 6 nitrogen and oxygen atoms in total. The van der Waals surface area contributed by atoms with Crippen LogP contribution in [0.3, 0.4) is 0 Å². The van der Waals surface area contributed by atoms with E-state index in [9.17, 15) is 9.59 Å². The topological polar surface area (TPSA) is 78.9 Å². The molecule has 1 saturated carbocycles. The summed E-state index contributed by atoms with van der Waals surface area (Å²) in [4.78, 5) is 27.1.